The highest BCUT2D eigenvalue weighted by molar-refractivity contribution is 5.94. The minimum atomic E-state index is -0.584. The zero-order valence-electron chi connectivity index (χ0n) is 19.1. The van der Waals surface area contributed by atoms with Crippen LogP contribution in [-0.2, 0) is 24.9 Å². The molecule has 5 rings (SSSR count). The zero-order chi connectivity index (χ0) is 24.5. The van der Waals surface area contributed by atoms with Gasteiger partial charge in [-0.05, 0) is 53.6 Å². The Hall–Kier alpha value is -4.53. The van der Waals surface area contributed by atoms with Gasteiger partial charge in [-0.25, -0.2) is 9.59 Å². The highest BCUT2D eigenvalue weighted by Crippen LogP contribution is 2.32. The van der Waals surface area contributed by atoms with Gasteiger partial charge in [-0.3, -0.25) is 13.9 Å². The number of hydrogen-bond acceptors (Lipinski definition) is 7. The average molecular weight is 474 g/mol. The molecule has 178 valence electrons. The number of hydrogen-bond donors (Lipinski definition) is 0. The van der Waals surface area contributed by atoms with Gasteiger partial charge in [0.1, 0.15) is 12.4 Å². The highest BCUT2D eigenvalue weighted by Gasteiger charge is 2.17. The molecule has 0 N–H and O–H groups in total. The van der Waals surface area contributed by atoms with Crippen LogP contribution in [0, 0.1) is 0 Å². The van der Waals surface area contributed by atoms with Gasteiger partial charge in [-0.1, -0.05) is 18.2 Å². The molecule has 0 bridgehead atoms. The second-order valence-corrected chi connectivity index (χ2v) is 8.08. The molecule has 0 unspecified atom stereocenters. The topological polar surface area (TPSA) is 98.0 Å². The lowest BCUT2D eigenvalue weighted by atomic mass is 10.1. The Morgan fingerprint density at radius 3 is 2.46 bits per heavy atom. The van der Waals surface area contributed by atoms with E-state index >= 15 is 0 Å². The molecule has 9 nitrogen and oxygen atoms in total. The minimum absolute atomic E-state index is 0.0302. The number of methoxy groups -OCH3 is 1. The first-order chi connectivity index (χ1) is 16.9. The Morgan fingerprint density at radius 2 is 1.69 bits per heavy atom. The number of nitrogens with zero attached hydrogens (tertiary/aromatic N) is 2. The Labute approximate surface area is 199 Å². The van der Waals surface area contributed by atoms with E-state index in [-0.39, 0.29) is 30.9 Å². The van der Waals surface area contributed by atoms with Crippen molar-refractivity contribution in [1.82, 2.24) is 9.13 Å². The van der Waals surface area contributed by atoms with Gasteiger partial charge in [0.15, 0.2) is 11.5 Å². The maximum atomic E-state index is 13.2. The van der Waals surface area contributed by atoms with Crippen molar-refractivity contribution in [2.24, 2.45) is 7.05 Å². The normalized spacial score (nSPS) is 12.1. The molecule has 9 heteroatoms. The lowest BCUT2D eigenvalue weighted by molar-refractivity contribution is 0.0472. The number of benzene rings is 3. The standard InChI is InChI=1S/C26H22N2O7/c1-27-21-9-6-18(25(30)33-14-17-5-10-22-23(11-17)35-15-34-22)12-20(21)24(29)28(26(27)31)13-16-3-7-19(32-2)8-4-16/h3-12H,13-15H2,1-2H3. The van der Waals surface area contributed by atoms with Gasteiger partial charge in [0.25, 0.3) is 5.56 Å². The lowest BCUT2D eigenvalue weighted by Crippen LogP contribution is -2.39. The van der Waals surface area contributed by atoms with Gasteiger partial charge < -0.3 is 18.9 Å². The van der Waals surface area contributed by atoms with Crippen LogP contribution in [0.4, 0.5) is 0 Å². The number of carbonyl (C=O) groups excluding carboxylic acids is 1. The molecule has 0 aliphatic carbocycles. The van der Waals surface area contributed by atoms with E-state index < -0.39 is 17.2 Å². The smallest absolute Gasteiger partial charge is 0.338 e. The summed E-state index contributed by atoms with van der Waals surface area (Å²) in [6, 6.07) is 17.0. The summed E-state index contributed by atoms with van der Waals surface area (Å²) < 4.78 is 23.8. The molecule has 1 aromatic heterocycles. The van der Waals surface area contributed by atoms with Gasteiger partial charge >= 0.3 is 11.7 Å². The molecule has 0 amide bonds. The van der Waals surface area contributed by atoms with Crippen LogP contribution in [0.15, 0.2) is 70.3 Å². The molecule has 4 aromatic rings. The van der Waals surface area contributed by atoms with Crippen molar-refractivity contribution in [3.8, 4) is 17.2 Å². The van der Waals surface area contributed by atoms with E-state index in [0.717, 1.165) is 15.7 Å². The Bertz CT molecular complexity index is 1550. The van der Waals surface area contributed by atoms with Crippen molar-refractivity contribution in [2.75, 3.05) is 13.9 Å². The minimum Gasteiger partial charge on any atom is -0.497 e. The maximum absolute atomic E-state index is 13.2. The van der Waals surface area contributed by atoms with E-state index in [1.54, 1.807) is 62.7 Å². The molecule has 0 saturated carbocycles. The third-order valence-electron chi connectivity index (χ3n) is 5.89. The fourth-order valence-corrected chi connectivity index (χ4v) is 3.96. The monoisotopic (exact) mass is 474 g/mol. The summed E-state index contributed by atoms with van der Waals surface area (Å²) in [5.41, 5.74) is 1.22. The predicted octanol–water partition coefficient (Wildman–Crippen LogP) is 2.84. The molecule has 0 fully saturated rings. The first-order valence-electron chi connectivity index (χ1n) is 10.9. The number of esters is 1. The summed E-state index contributed by atoms with van der Waals surface area (Å²) in [7, 11) is 3.16. The van der Waals surface area contributed by atoms with Crippen molar-refractivity contribution >= 4 is 16.9 Å². The summed E-state index contributed by atoms with van der Waals surface area (Å²) >= 11 is 0. The second kappa shape index (κ2) is 9.02. The maximum Gasteiger partial charge on any atom is 0.338 e. The molecule has 1 aliphatic heterocycles. The first-order valence-corrected chi connectivity index (χ1v) is 10.9. The van der Waals surface area contributed by atoms with E-state index in [9.17, 15) is 14.4 Å². The summed E-state index contributed by atoms with van der Waals surface area (Å²) in [4.78, 5) is 38.8. The van der Waals surface area contributed by atoms with E-state index in [4.69, 9.17) is 18.9 Å². The number of ether oxygens (including phenoxy) is 4. The fraction of sp³-hybridized carbons (Fsp3) is 0.192. The highest BCUT2D eigenvalue weighted by atomic mass is 16.7. The average Bonchev–Trinajstić information content (AvgIpc) is 3.36. The lowest BCUT2D eigenvalue weighted by Gasteiger charge is -2.12. The van der Waals surface area contributed by atoms with E-state index in [1.165, 1.54) is 16.7 Å². The molecule has 2 heterocycles. The van der Waals surface area contributed by atoms with Crippen LogP contribution in [0.5, 0.6) is 17.2 Å². The number of fused-ring (bicyclic) bond motifs is 2. The van der Waals surface area contributed by atoms with Crippen molar-refractivity contribution in [1.29, 1.82) is 0 Å². The molecule has 1 aliphatic rings. The second-order valence-electron chi connectivity index (χ2n) is 8.08. The fourth-order valence-electron chi connectivity index (χ4n) is 3.96. The zero-order valence-corrected chi connectivity index (χ0v) is 19.1. The molecule has 0 atom stereocenters. The SMILES string of the molecule is COc1ccc(Cn2c(=O)c3cc(C(=O)OCc4ccc5c(c4)OCO5)ccc3n(C)c2=O)cc1. The number of carbonyl (C=O) groups is 1. The van der Waals surface area contributed by atoms with Crippen molar-refractivity contribution in [3.63, 3.8) is 0 Å². The Morgan fingerprint density at radius 1 is 0.943 bits per heavy atom. The molecule has 3 aromatic carbocycles. The number of aryl methyl sites for hydroxylation is 1. The summed E-state index contributed by atoms with van der Waals surface area (Å²) in [5.74, 6) is 1.34. The van der Waals surface area contributed by atoms with Gasteiger partial charge in [-0.2, -0.15) is 0 Å². The molecule has 35 heavy (non-hydrogen) atoms. The van der Waals surface area contributed by atoms with Crippen LogP contribution in [0.2, 0.25) is 0 Å². The third kappa shape index (κ3) is 4.23. The summed E-state index contributed by atoms with van der Waals surface area (Å²) in [5, 5.41) is 0.248. The largest absolute Gasteiger partial charge is 0.497 e. The van der Waals surface area contributed by atoms with Crippen LogP contribution >= 0.6 is 0 Å². The third-order valence-corrected chi connectivity index (χ3v) is 5.89. The summed E-state index contributed by atoms with van der Waals surface area (Å²) in [6.45, 7) is 0.279. The quantitative estimate of drug-likeness (QED) is 0.397. The predicted molar refractivity (Wildman–Crippen MR) is 127 cm³/mol. The molecule has 0 saturated heterocycles. The Balaban J connectivity index is 1.42. The number of rotatable bonds is 6. The summed E-state index contributed by atoms with van der Waals surface area (Å²) in [6.07, 6.45) is 0. The number of aromatic nitrogens is 2. The van der Waals surface area contributed by atoms with E-state index in [0.29, 0.717) is 22.8 Å². The van der Waals surface area contributed by atoms with Crippen LogP contribution < -0.4 is 25.5 Å². The van der Waals surface area contributed by atoms with Crippen LogP contribution in [0.25, 0.3) is 10.9 Å². The molecule has 0 spiro atoms. The van der Waals surface area contributed by atoms with E-state index in [2.05, 4.69) is 0 Å². The van der Waals surface area contributed by atoms with E-state index in [1.807, 2.05) is 0 Å². The van der Waals surface area contributed by atoms with Crippen LogP contribution in [-0.4, -0.2) is 29.0 Å². The Kier molecular flexibility index (Phi) is 5.74. The van der Waals surface area contributed by atoms with Gasteiger partial charge in [0.05, 0.1) is 30.1 Å². The van der Waals surface area contributed by atoms with Crippen molar-refractivity contribution in [2.45, 2.75) is 13.2 Å². The molecular weight excluding hydrogens is 452 g/mol. The van der Waals surface area contributed by atoms with Gasteiger partial charge in [0.2, 0.25) is 6.79 Å². The van der Waals surface area contributed by atoms with Gasteiger partial charge in [0, 0.05) is 7.05 Å². The molecule has 0 radical (unpaired) electrons. The van der Waals surface area contributed by atoms with Crippen molar-refractivity contribution < 1.29 is 23.7 Å². The van der Waals surface area contributed by atoms with Gasteiger partial charge in [-0.15, -0.1) is 0 Å². The van der Waals surface area contributed by atoms with Crippen LogP contribution in [0.3, 0.4) is 0 Å². The van der Waals surface area contributed by atoms with Crippen molar-refractivity contribution in [3.05, 3.63) is 98.2 Å². The van der Waals surface area contributed by atoms with Crippen LogP contribution in [0.1, 0.15) is 21.5 Å². The molecular formula is C26H22N2O7. The first kappa shape index (κ1) is 22.3.